The first-order valence-corrected chi connectivity index (χ1v) is 7.82. The van der Waals surface area contributed by atoms with Crippen molar-refractivity contribution in [1.29, 1.82) is 0 Å². The molecule has 2 nitrogen and oxygen atoms in total. The highest BCUT2D eigenvalue weighted by molar-refractivity contribution is 5.61. The lowest BCUT2D eigenvalue weighted by molar-refractivity contribution is 0.0776. The van der Waals surface area contributed by atoms with Gasteiger partial charge in [0.05, 0.1) is 11.7 Å². The van der Waals surface area contributed by atoms with E-state index in [9.17, 15) is 0 Å². The number of rotatable bonds is 0. The van der Waals surface area contributed by atoms with Gasteiger partial charge in [-0.2, -0.15) is 0 Å². The van der Waals surface area contributed by atoms with Gasteiger partial charge in [0.1, 0.15) is 11.9 Å². The maximum atomic E-state index is 6.23. The van der Waals surface area contributed by atoms with E-state index in [0.29, 0.717) is 17.6 Å². The molecule has 1 N–H and O–H groups in total. The van der Waals surface area contributed by atoms with Gasteiger partial charge in [0.15, 0.2) is 0 Å². The summed E-state index contributed by atoms with van der Waals surface area (Å²) < 4.78 is 6.23. The minimum atomic E-state index is 0.180. The lowest BCUT2D eigenvalue weighted by Crippen LogP contribution is -2.47. The van der Waals surface area contributed by atoms with Crippen molar-refractivity contribution in [3.63, 3.8) is 0 Å². The molecule has 20 heavy (non-hydrogen) atoms. The average Bonchev–Trinajstić information content (AvgIpc) is 2.33. The monoisotopic (exact) mass is 273 g/mol. The van der Waals surface area contributed by atoms with Gasteiger partial charge >= 0.3 is 0 Å². The predicted octanol–water partition coefficient (Wildman–Crippen LogP) is 4.74. The largest absolute Gasteiger partial charge is 0.486 e. The number of anilines is 1. The molecule has 1 aliphatic carbocycles. The van der Waals surface area contributed by atoms with Crippen molar-refractivity contribution in [3.05, 3.63) is 23.8 Å². The summed E-state index contributed by atoms with van der Waals surface area (Å²) in [4.78, 5) is 0. The van der Waals surface area contributed by atoms with Gasteiger partial charge in [-0.3, -0.25) is 0 Å². The van der Waals surface area contributed by atoms with Crippen LogP contribution in [0.1, 0.15) is 59.4 Å². The van der Waals surface area contributed by atoms with E-state index in [2.05, 4.69) is 58.1 Å². The average molecular weight is 273 g/mol. The van der Waals surface area contributed by atoms with Crippen LogP contribution in [0.15, 0.2) is 18.2 Å². The maximum absolute atomic E-state index is 6.23. The third-order valence-electron chi connectivity index (χ3n) is 4.79. The molecule has 0 radical (unpaired) electrons. The standard InChI is InChI=1S/C18H27NO/c1-17(2,3)12-6-7-15-13(10-12)19-14-11-18(4,5)9-8-16(14)20-15/h6-7,10,14,16,19H,8-9,11H2,1-5H3. The zero-order chi connectivity index (χ0) is 14.5. The third kappa shape index (κ3) is 2.53. The van der Waals surface area contributed by atoms with Gasteiger partial charge in [-0.15, -0.1) is 0 Å². The van der Waals surface area contributed by atoms with Crippen LogP contribution in [0, 0.1) is 5.41 Å². The van der Waals surface area contributed by atoms with Crippen LogP contribution >= 0.6 is 0 Å². The van der Waals surface area contributed by atoms with Crippen LogP contribution in [-0.4, -0.2) is 12.1 Å². The Labute approximate surface area is 122 Å². The molecule has 3 rings (SSSR count). The molecule has 0 spiro atoms. The molecular weight excluding hydrogens is 246 g/mol. The summed E-state index contributed by atoms with van der Waals surface area (Å²) in [7, 11) is 0. The number of ether oxygens (including phenoxy) is 1. The number of hydrogen-bond donors (Lipinski definition) is 1. The van der Waals surface area contributed by atoms with Gasteiger partial charge in [-0.1, -0.05) is 40.7 Å². The van der Waals surface area contributed by atoms with Gasteiger partial charge in [-0.25, -0.2) is 0 Å². The Hall–Kier alpha value is -1.18. The van der Waals surface area contributed by atoms with Crippen molar-refractivity contribution in [2.75, 3.05) is 5.32 Å². The molecule has 0 aromatic heterocycles. The SMILES string of the molecule is CC1(C)CCC2Oc3ccc(C(C)(C)C)cc3NC2C1. The molecule has 1 heterocycles. The summed E-state index contributed by atoms with van der Waals surface area (Å²) in [6.45, 7) is 11.5. The molecular formula is C18H27NO. The summed E-state index contributed by atoms with van der Waals surface area (Å²) in [5.74, 6) is 1.03. The zero-order valence-corrected chi connectivity index (χ0v) is 13.4. The van der Waals surface area contributed by atoms with Crippen LogP contribution < -0.4 is 10.1 Å². The summed E-state index contributed by atoms with van der Waals surface area (Å²) in [6.07, 6.45) is 3.95. The van der Waals surface area contributed by atoms with Crippen LogP contribution in [0.4, 0.5) is 5.69 Å². The van der Waals surface area contributed by atoms with Crippen molar-refractivity contribution < 1.29 is 4.74 Å². The topological polar surface area (TPSA) is 21.3 Å². The van der Waals surface area contributed by atoms with Crippen LogP contribution in [0.2, 0.25) is 0 Å². The molecule has 1 fully saturated rings. The number of nitrogens with one attached hydrogen (secondary N) is 1. The summed E-state index contributed by atoms with van der Waals surface area (Å²) in [6, 6.07) is 7.07. The second kappa shape index (κ2) is 4.41. The van der Waals surface area contributed by atoms with E-state index in [1.165, 1.54) is 24.1 Å². The van der Waals surface area contributed by atoms with Crippen molar-refractivity contribution in [1.82, 2.24) is 0 Å². The highest BCUT2D eigenvalue weighted by Gasteiger charge is 2.39. The first-order chi connectivity index (χ1) is 9.24. The Kier molecular flexibility index (Phi) is 3.04. The van der Waals surface area contributed by atoms with Crippen LogP contribution in [-0.2, 0) is 5.41 Å². The Morgan fingerprint density at radius 1 is 1.25 bits per heavy atom. The lowest BCUT2D eigenvalue weighted by Gasteiger charge is -2.44. The molecule has 2 heteroatoms. The van der Waals surface area contributed by atoms with Crippen LogP contribution in [0.25, 0.3) is 0 Å². The van der Waals surface area contributed by atoms with E-state index in [1.54, 1.807) is 0 Å². The fourth-order valence-corrected chi connectivity index (χ4v) is 3.42. The second-order valence-electron chi connectivity index (χ2n) is 8.28. The summed E-state index contributed by atoms with van der Waals surface area (Å²) in [5, 5.41) is 3.74. The van der Waals surface area contributed by atoms with E-state index in [1.807, 2.05) is 0 Å². The number of hydrogen-bond acceptors (Lipinski definition) is 2. The number of fused-ring (bicyclic) bond motifs is 2. The molecule has 0 bridgehead atoms. The zero-order valence-electron chi connectivity index (χ0n) is 13.4. The van der Waals surface area contributed by atoms with E-state index in [-0.39, 0.29) is 5.41 Å². The lowest BCUT2D eigenvalue weighted by atomic mass is 9.73. The Morgan fingerprint density at radius 2 is 2.00 bits per heavy atom. The Bertz CT molecular complexity index is 513. The minimum absolute atomic E-state index is 0.180. The minimum Gasteiger partial charge on any atom is -0.486 e. The third-order valence-corrected chi connectivity index (χ3v) is 4.79. The van der Waals surface area contributed by atoms with E-state index >= 15 is 0 Å². The fourth-order valence-electron chi connectivity index (χ4n) is 3.42. The molecule has 1 saturated carbocycles. The van der Waals surface area contributed by atoms with Gasteiger partial charge in [0, 0.05) is 0 Å². The van der Waals surface area contributed by atoms with Crippen molar-refractivity contribution >= 4 is 5.69 Å². The molecule has 1 aliphatic heterocycles. The van der Waals surface area contributed by atoms with E-state index in [0.717, 1.165) is 12.2 Å². The highest BCUT2D eigenvalue weighted by atomic mass is 16.5. The predicted molar refractivity (Wildman–Crippen MR) is 84.6 cm³/mol. The maximum Gasteiger partial charge on any atom is 0.142 e. The Balaban J connectivity index is 1.88. The molecule has 110 valence electrons. The second-order valence-corrected chi connectivity index (χ2v) is 8.28. The van der Waals surface area contributed by atoms with Crippen LogP contribution in [0.5, 0.6) is 5.75 Å². The van der Waals surface area contributed by atoms with Gasteiger partial charge in [0.2, 0.25) is 0 Å². The molecule has 2 aliphatic rings. The van der Waals surface area contributed by atoms with E-state index in [4.69, 9.17) is 4.74 Å². The molecule has 0 saturated heterocycles. The summed E-state index contributed by atoms with van der Waals surface area (Å²) >= 11 is 0. The van der Waals surface area contributed by atoms with Gasteiger partial charge in [0.25, 0.3) is 0 Å². The van der Waals surface area contributed by atoms with Crippen molar-refractivity contribution in [3.8, 4) is 5.75 Å². The molecule has 1 aromatic carbocycles. The van der Waals surface area contributed by atoms with E-state index < -0.39 is 0 Å². The molecule has 1 aromatic rings. The number of benzene rings is 1. The van der Waals surface area contributed by atoms with Gasteiger partial charge in [-0.05, 0) is 47.8 Å². The first kappa shape index (κ1) is 13.8. The normalized spacial score (nSPS) is 27.9. The van der Waals surface area contributed by atoms with Gasteiger partial charge < -0.3 is 10.1 Å². The molecule has 2 atom stereocenters. The fraction of sp³-hybridized carbons (Fsp3) is 0.667. The molecule has 2 unspecified atom stereocenters. The summed E-state index contributed by atoms with van der Waals surface area (Å²) in [5.41, 5.74) is 3.15. The van der Waals surface area contributed by atoms with Crippen molar-refractivity contribution in [2.24, 2.45) is 5.41 Å². The quantitative estimate of drug-likeness (QED) is 0.737. The molecule has 0 amide bonds. The Morgan fingerprint density at radius 3 is 2.70 bits per heavy atom. The smallest absolute Gasteiger partial charge is 0.142 e. The van der Waals surface area contributed by atoms with Crippen molar-refractivity contribution in [2.45, 2.75) is 71.4 Å². The van der Waals surface area contributed by atoms with Crippen LogP contribution in [0.3, 0.4) is 0 Å². The first-order valence-electron chi connectivity index (χ1n) is 7.82. The highest BCUT2D eigenvalue weighted by Crippen LogP contribution is 2.43.